The van der Waals surface area contributed by atoms with Gasteiger partial charge in [0.05, 0.1) is 26.5 Å². The molecule has 0 saturated carbocycles. The van der Waals surface area contributed by atoms with Crippen molar-refractivity contribution >= 4 is 17.6 Å². The number of aromatic nitrogens is 3. The van der Waals surface area contributed by atoms with Gasteiger partial charge in [0.25, 0.3) is 5.91 Å². The highest BCUT2D eigenvalue weighted by Crippen LogP contribution is 2.27. The van der Waals surface area contributed by atoms with E-state index >= 15 is 0 Å². The van der Waals surface area contributed by atoms with Crippen molar-refractivity contribution in [1.82, 2.24) is 20.2 Å². The Labute approximate surface area is 142 Å². The van der Waals surface area contributed by atoms with Gasteiger partial charge in [-0.15, -0.1) is 0 Å². The predicted molar refractivity (Wildman–Crippen MR) is 86.8 cm³/mol. The lowest BCUT2D eigenvalue weighted by molar-refractivity contribution is -0.394. The van der Waals surface area contributed by atoms with Crippen molar-refractivity contribution < 1.29 is 19.2 Å². The van der Waals surface area contributed by atoms with Gasteiger partial charge in [0, 0.05) is 10.7 Å². The van der Waals surface area contributed by atoms with E-state index in [1.807, 2.05) is 0 Å². The smallest absolute Gasteiger partial charge is 0.490 e. The second-order valence-electron chi connectivity index (χ2n) is 4.86. The number of hydrazone groups is 1. The van der Waals surface area contributed by atoms with E-state index in [4.69, 9.17) is 9.47 Å². The van der Waals surface area contributed by atoms with Crippen LogP contribution in [0.2, 0.25) is 0 Å². The number of benzene rings is 1. The molecule has 0 unspecified atom stereocenters. The number of hydrogen-bond acceptors (Lipinski definition) is 8. The monoisotopic (exact) mass is 348 g/mol. The van der Waals surface area contributed by atoms with E-state index in [0.717, 1.165) is 0 Å². The van der Waals surface area contributed by atoms with Gasteiger partial charge in [-0.05, 0) is 30.0 Å². The largest absolute Gasteiger partial charge is 0.493 e. The van der Waals surface area contributed by atoms with Crippen LogP contribution in [0.25, 0.3) is 0 Å². The molecule has 1 aromatic heterocycles. The van der Waals surface area contributed by atoms with Crippen molar-refractivity contribution in [3.05, 3.63) is 40.2 Å². The number of carbonyl (C=O) groups is 1. The molecule has 11 heteroatoms. The maximum absolute atomic E-state index is 12.1. The minimum Gasteiger partial charge on any atom is -0.493 e. The maximum atomic E-state index is 12.1. The van der Waals surface area contributed by atoms with Crippen LogP contribution in [-0.4, -0.2) is 45.5 Å². The fourth-order valence-corrected chi connectivity index (χ4v) is 1.90. The van der Waals surface area contributed by atoms with Crippen LogP contribution in [0.4, 0.5) is 5.95 Å². The lowest BCUT2D eigenvalue weighted by atomic mass is 10.2. The van der Waals surface area contributed by atoms with E-state index in [2.05, 4.69) is 20.6 Å². The number of carbonyl (C=O) groups excluding carboxylic acids is 1. The molecule has 1 amide bonds. The molecule has 0 atom stereocenters. The molecule has 11 nitrogen and oxygen atoms in total. The summed E-state index contributed by atoms with van der Waals surface area (Å²) in [6.07, 6.45) is 1.22. The minimum absolute atomic E-state index is 0.146. The van der Waals surface area contributed by atoms with Gasteiger partial charge in [-0.1, -0.05) is 4.98 Å². The Morgan fingerprint density at radius 3 is 2.68 bits per heavy atom. The Kier molecular flexibility index (Phi) is 5.61. The highest BCUT2D eigenvalue weighted by Gasteiger charge is 2.14. The van der Waals surface area contributed by atoms with Crippen LogP contribution in [0, 0.1) is 10.1 Å². The summed E-state index contributed by atoms with van der Waals surface area (Å²) < 4.78 is 11.5. The summed E-state index contributed by atoms with van der Waals surface area (Å²) >= 11 is 0. The van der Waals surface area contributed by atoms with Gasteiger partial charge in [0.1, 0.15) is 0 Å². The number of methoxy groups -OCH3 is 2. The number of rotatable bonds is 7. The summed E-state index contributed by atoms with van der Waals surface area (Å²) in [6, 6.07) is 4.71. The number of nitrogens with zero attached hydrogens (tertiary/aromatic N) is 5. The Balaban J connectivity index is 2.02. The molecular weight excluding hydrogens is 332 g/mol. The molecule has 132 valence electrons. The molecule has 0 aliphatic carbocycles. The van der Waals surface area contributed by atoms with E-state index in [9.17, 15) is 14.9 Å². The minimum atomic E-state index is -0.693. The third kappa shape index (κ3) is 4.50. The predicted octanol–water partition coefficient (Wildman–Crippen LogP) is 1.01. The summed E-state index contributed by atoms with van der Waals surface area (Å²) in [5.74, 6) is -0.00989. The molecule has 0 radical (unpaired) electrons. The van der Waals surface area contributed by atoms with Gasteiger partial charge in [-0.2, -0.15) is 9.78 Å². The fraction of sp³-hybridized carbons (Fsp3) is 0.286. The van der Waals surface area contributed by atoms with E-state index in [-0.39, 0.29) is 6.54 Å². The average Bonchev–Trinajstić information content (AvgIpc) is 3.07. The van der Waals surface area contributed by atoms with Crippen molar-refractivity contribution in [3.8, 4) is 11.5 Å². The molecule has 0 spiro atoms. The summed E-state index contributed by atoms with van der Waals surface area (Å²) in [6.45, 7) is 1.79. The highest BCUT2D eigenvalue weighted by molar-refractivity contribution is 5.95. The van der Waals surface area contributed by atoms with Crippen LogP contribution in [-0.2, 0) is 6.54 Å². The zero-order valence-corrected chi connectivity index (χ0v) is 13.8. The van der Waals surface area contributed by atoms with Gasteiger partial charge in [0.15, 0.2) is 11.5 Å². The Bertz CT molecular complexity index is 816. The lowest BCUT2D eigenvalue weighted by Crippen LogP contribution is -2.20. The van der Waals surface area contributed by atoms with Crippen molar-refractivity contribution in [2.75, 3.05) is 14.2 Å². The SMILES string of the molecule is COc1ccc(C(=O)N/N=C(\C)Cn2cnc([N+](=O)[O-])n2)cc1OC. The molecule has 2 rings (SSSR count). The van der Waals surface area contributed by atoms with Crippen LogP contribution in [0.15, 0.2) is 29.6 Å². The molecule has 25 heavy (non-hydrogen) atoms. The van der Waals surface area contributed by atoms with Gasteiger partial charge in [-0.25, -0.2) is 5.43 Å². The van der Waals surface area contributed by atoms with Crippen LogP contribution in [0.5, 0.6) is 11.5 Å². The van der Waals surface area contributed by atoms with E-state index in [0.29, 0.717) is 22.8 Å². The van der Waals surface area contributed by atoms with Crippen LogP contribution >= 0.6 is 0 Å². The van der Waals surface area contributed by atoms with E-state index in [1.165, 1.54) is 31.3 Å². The molecule has 1 N–H and O–H groups in total. The van der Waals surface area contributed by atoms with Gasteiger partial charge < -0.3 is 19.6 Å². The number of hydrogen-bond donors (Lipinski definition) is 1. The standard InChI is InChI=1S/C14H16N6O5/c1-9(7-19-8-15-14(18-19)20(22)23)16-17-13(21)10-4-5-11(24-2)12(6-10)25-3/h4-6,8H,7H2,1-3H3,(H,17,21)/b16-9+. The third-order valence-electron chi connectivity index (χ3n) is 3.07. The molecule has 0 bridgehead atoms. The van der Waals surface area contributed by atoms with Crippen LogP contribution in [0.3, 0.4) is 0 Å². The third-order valence-corrected chi connectivity index (χ3v) is 3.07. The Hall–Kier alpha value is -3.50. The van der Waals surface area contributed by atoms with Crippen molar-refractivity contribution in [3.63, 3.8) is 0 Å². The van der Waals surface area contributed by atoms with E-state index < -0.39 is 16.8 Å². The average molecular weight is 348 g/mol. The second kappa shape index (κ2) is 7.86. The molecule has 0 aliphatic rings. The molecule has 1 heterocycles. The first-order chi connectivity index (χ1) is 11.9. The number of nitrogens with one attached hydrogen (secondary N) is 1. The molecule has 0 saturated heterocycles. The summed E-state index contributed by atoms with van der Waals surface area (Å²) in [7, 11) is 2.97. The summed E-state index contributed by atoms with van der Waals surface area (Å²) in [5, 5.41) is 18.1. The lowest BCUT2D eigenvalue weighted by Gasteiger charge is -2.08. The second-order valence-corrected chi connectivity index (χ2v) is 4.86. The quantitative estimate of drug-likeness (QED) is 0.448. The zero-order valence-electron chi connectivity index (χ0n) is 13.8. The van der Waals surface area contributed by atoms with Gasteiger partial charge in [-0.3, -0.25) is 4.79 Å². The highest BCUT2D eigenvalue weighted by atomic mass is 16.6. The number of ether oxygens (including phenoxy) is 2. The molecular formula is C14H16N6O5. The number of amides is 1. The van der Waals surface area contributed by atoms with Gasteiger partial charge in [0.2, 0.25) is 6.33 Å². The molecule has 2 aromatic rings. The Morgan fingerprint density at radius 2 is 2.08 bits per heavy atom. The molecule has 1 aromatic carbocycles. The molecule has 0 aliphatic heterocycles. The number of nitro groups is 1. The zero-order chi connectivity index (χ0) is 18.4. The normalized spacial score (nSPS) is 11.1. The van der Waals surface area contributed by atoms with Crippen LogP contribution in [0.1, 0.15) is 17.3 Å². The van der Waals surface area contributed by atoms with Crippen LogP contribution < -0.4 is 14.9 Å². The van der Waals surface area contributed by atoms with Crippen molar-refractivity contribution in [2.24, 2.45) is 5.10 Å². The summed E-state index contributed by atoms with van der Waals surface area (Å²) in [4.78, 5) is 25.5. The summed E-state index contributed by atoms with van der Waals surface area (Å²) in [5.41, 5.74) is 3.21. The Morgan fingerprint density at radius 1 is 1.36 bits per heavy atom. The van der Waals surface area contributed by atoms with Crippen molar-refractivity contribution in [1.29, 1.82) is 0 Å². The first-order valence-corrected chi connectivity index (χ1v) is 7.04. The first-order valence-electron chi connectivity index (χ1n) is 7.04. The topological polar surface area (TPSA) is 134 Å². The fourth-order valence-electron chi connectivity index (χ4n) is 1.90. The maximum Gasteiger partial charge on any atom is 0.490 e. The van der Waals surface area contributed by atoms with Gasteiger partial charge >= 0.3 is 5.95 Å². The molecule has 0 fully saturated rings. The van der Waals surface area contributed by atoms with Crippen molar-refractivity contribution in [2.45, 2.75) is 13.5 Å². The van der Waals surface area contributed by atoms with E-state index in [1.54, 1.807) is 19.1 Å². The first kappa shape index (κ1) is 17.8.